The summed E-state index contributed by atoms with van der Waals surface area (Å²) in [5.41, 5.74) is 9.79. The van der Waals surface area contributed by atoms with Crippen LogP contribution in [0.1, 0.15) is 94.0 Å². The molecule has 0 N–H and O–H groups in total. The highest BCUT2D eigenvalue weighted by molar-refractivity contribution is 6.76. The number of hydrogen-bond acceptors (Lipinski definition) is 11. The first-order chi connectivity index (χ1) is 28.6. The number of carbonyl (C=O) groups excluding carboxylic acids is 2. The van der Waals surface area contributed by atoms with Crippen LogP contribution >= 0.6 is 0 Å². The van der Waals surface area contributed by atoms with E-state index in [1.165, 1.54) is 7.11 Å². The highest BCUT2D eigenvalue weighted by Crippen LogP contribution is 2.39. The SMILES string of the molecule is COCOc1cc(OCCCCN=[N+]=[N-])cc(C=CC[C@@H]2OC(C)(C)OC2C(C=C[C@@H](C)[C@H](C)O[Si](C)(C)C(C)(C)C)OC(=O)c2ccccc2)c1C(=O)OCC[Si](C)(C)C. The zero-order valence-electron chi connectivity index (χ0n) is 38.8. The molecule has 0 amide bonds. The van der Waals surface area contributed by atoms with Gasteiger partial charge >= 0.3 is 11.9 Å². The van der Waals surface area contributed by atoms with Crippen molar-refractivity contribution in [1.82, 2.24) is 0 Å². The summed E-state index contributed by atoms with van der Waals surface area (Å²) in [5.74, 6) is -1.26. The number of ether oxygens (including phenoxy) is 7. The van der Waals surface area contributed by atoms with E-state index in [9.17, 15) is 9.59 Å². The molecule has 1 fully saturated rings. The Bertz CT molecular complexity index is 1820. The number of esters is 2. The van der Waals surface area contributed by atoms with Gasteiger partial charge in [-0.1, -0.05) is 88.9 Å². The van der Waals surface area contributed by atoms with Gasteiger partial charge in [0, 0.05) is 38.8 Å². The van der Waals surface area contributed by atoms with Crippen molar-refractivity contribution in [2.24, 2.45) is 11.0 Å². The van der Waals surface area contributed by atoms with E-state index in [2.05, 4.69) is 77.4 Å². The monoisotopic (exact) mass is 881 g/mol. The summed E-state index contributed by atoms with van der Waals surface area (Å²) in [7, 11) is -2.04. The minimum atomic E-state index is -2.04. The Morgan fingerprint density at radius 2 is 1.67 bits per heavy atom. The number of carbonyl (C=O) groups is 2. The van der Waals surface area contributed by atoms with Crippen molar-refractivity contribution in [3.63, 3.8) is 0 Å². The first kappa shape index (κ1) is 51.4. The molecule has 338 valence electrons. The van der Waals surface area contributed by atoms with Crippen LogP contribution in [0.3, 0.4) is 0 Å². The molecule has 0 spiro atoms. The number of unbranched alkanes of at least 4 members (excludes halogenated alkanes) is 1. The molecule has 2 aromatic rings. The molecule has 61 heavy (non-hydrogen) atoms. The van der Waals surface area contributed by atoms with Gasteiger partial charge in [0.05, 0.1) is 24.9 Å². The average Bonchev–Trinajstić information content (AvgIpc) is 3.49. The van der Waals surface area contributed by atoms with Gasteiger partial charge in [0.1, 0.15) is 29.3 Å². The minimum absolute atomic E-state index is 0.000259. The van der Waals surface area contributed by atoms with E-state index in [1.54, 1.807) is 36.4 Å². The maximum atomic E-state index is 13.8. The van der Waals surface area contributed by atoms with E-state index in [0.29, 0.717) is 49.3 Å². The van der Waals surface area contributed by atoms with Crippen molar-refractivity contribution in [3.8, 4) is 11.5 Å². The lowest BCUT2D eigenvalue weighted by atomic mass is 9.99. The van der Waals surface area contributed by atoms with Crippen molar-refractivity contribution >= 4 is 34.4 Å². The largest absolute Gasteiger partial charge is 0.493 e. The van der Waals surface area contributed by atoms with Crippen LogP contribution < -0.4 is 9.47 Å². The van der Waals surface area contributed by atoms with Crippen LogP contribution in [0, 0.1) is 5.92 Å². The van der Waals surface area contributed by atoms with Crippen molar-refractivity contribution in [3.05, 3.63) is 87.8 Å². The minimum Gasteiger partial charge on any atom is -0.493 e. The molecule has 0 aliphatic carbocycles. The Hall–Kier alpha value is -3.96. The Morgan fingerprint density at radius 1 is 0.967 bits per heavy atom. The molecule has 5 atom stereocenters. The lowest BCUT2D eigenvalue weighted by Gasteiger charge is -2.39. The molecule has 0 radical (unpaired) electrons. The molecule has 0 bridgehead atoms. The lowest BCUT2D eigenvalue weighted by Crippen LogP contribution is -2.44. The zero-order chi connectivity index (χ0) is 45.4. The number of azide groups is 1. The Morgan fingerprint density at radius 3 is 2.31 bits per heavy atom. The molecule has 0 aromatic heterocycles. The van der Waals surface area contributed by atoms with Gasteiger partial charge in [-0.3, -0.25) is 0 Å². The van der Waals surface area contributed by atoms with Crippen LogP contribution in [0.25, 0.3) is 16.5 Å². The van der Waals surface area contributed by atoms with Gasteiger partial charge < -0.3 is 37.6 Å². The second-order valence-electron chi connectivity index (χ2n) is 18.7. The molecule has 0 saturated carbocycles. The summed E-state index contributed by atoms with van der Waals surface area (Å²) >= 11 is 0. The van der Waals surface area contributed by atoms with E-state index in [0.717, 1.165) is 6.04 Å². The fraction of sp³-hybridized carbons (Fsp3) is 0.609. The normalized spacial score (nSPS) is 18.4. The van der Waals surface area contributed by atoms with Gasteiger partial charge in [-0.05, 0) is 105 Å². The average molecular weight is 882 g/mol. The topological polar surface area (TPSA) is 157 Å². The predicted octanol–water partition coefficient (Wildman–Crippen LogP) is 11.4. The van der Waals surface area contributed by atoms with E-state index < -0.39 is 52.4 Å². The highest BCUT2D eigenvalue weighted by Gasteiger charge is 2.46. The van der Waals surface area contributed by atoms with Gasteiger partial charge in [-0.15, -0.1) is 0 Å². The van der Waals surface area contributed by atoms with Crippen molar-refractivity contribution in [2.75, 3.05) is 33.7 Å². The molecule has 13 nitrogen and oxygen atoms in total. The van der Waals surface area contributed by atoms with Crippen LogP contribution in [0.15, 0.2) is 65.8 Å². The third kappa shape index (κ3) is 17.0. The Balaban J connectivity index is 2.01. The predicted molar refractivity (Wildman–Crippen MR) is 245 cm³/mol. The fourth-order valence-electron chi connectivity index (χ4n) is 6.15. The number of nitrogens with zero attached hydrogens (tertiary/aromatic N) is 3. The molecule has 1 aliphatic rings. The summed E-state index contributed by atoms with van der Waals surface area (Å²) in [6.45, 7) is 26.6. The molecule has 1 aliphatic heterocycles. The third-order valence-corrected chi connectivity index (χ3v) is 17.1. The Labute approximate surface area is 366 Å². The number of methoxy groups -OCH3 is 1. The van der Waals surface area contributed by atoms with E-state index in [4.69, 9.17) is 43.1 Å². The van der Waals surface area contributed by atoms with E-state index >= 15 is 0 Å². The quantitative estimate of drug-likeness (QED) is 0.0145. The molecule has 3 rings (SSSR count). The van der Waals surface area contributed by atoms with E-state index in [1.807, 2.05) is 44.2 Å². The molecular weight excluding hydrogens is 811 g/mol. The highest BCUT2D eigenvalue weighted by atomic mass is 28.4. The number of rotatable bonds is 24. The molecule has 2 aromatic carbocycles. The summed E-state index contributed by atoms with van der Waals surface area (Å²) in [4.78, 5) is 30.2. The maximum Gasteiger partial charge on any atom is 0.342 e. The van der Waals surface area contributed by atoms with Gasteiger partial charge in [0.15, 0.2) is 20.9 Å². The molecule has 2 unspecified atom stereocenters. The maximum absolute atomic E-state index is 13.8. The molecule has 1 heterocycles. The van der Waals surface area contributed by atoms with Crippen LogP contribution in [0.5, 0.6) is 11.5 Å². The molecule has 15 heteroatoms. The van der Waals surface area contributed by atoms with Crippen LogP contribution in [0.2, 0.25) is 43.8 Å². The fourth-order valence-corrected chi connectivity index (χ4v) is 8.36. The van der Waals surface area contributed by atoms with Crippen molar-refractivity contribution in [1.29, 1.82) is 0 Å². The van der Waals surface area contributed by atoms with Crippen LogP contribution in [0.4, 0.5) is 0 Å². The van der Waals surface area contributed by atoms with Crippen molar-refractivity contribution in [2.45, 2.75) is 142 Å². The summed E-state index contributed by atoms with van der Waals surface area (Å²) in [5, 5.41) is 3.65. The smallest absolute Gasteiger partial charge is 0.342 e. The Kier molecular flexibility index (Phi) is 19.8. The zero-order valence-corrected chi connectivity index (χ0v) is 40.8. The van der Waals surface area contributed by atoms with Crippen LogP contribution in [-0.2, 0) is 28.1 Å². The van der Waals surface area contributed by atoms with Gasteiger partial charge in [0.25, 0.3) is 0 Å². The first-order valence-corrected chi connectivity index (χ1v) is 27.9. The number of benzene rings is 2. The van der Waals surface area contributed by atoms with Crippen molar-refractivity contribution < 1.29 is 47.2 Å². The standard InChI is InChI=1S/C46H71N3O10Si2/c1-33(34(2)59-61(12,13)45(3,4)5)24-25-38(56-43(50)35-20-15-14-16-21-35)42-39(57-46(6,7)58-42)23-19-22-36-30-37(53-27-18-17-26-48-49-47)31-40(55-32-52-8)41(36)44(51)54-28-29-60(9,10)11/h14-16,19-22,24-25,30-31,33-34,38-39,42H,17-18,23,26-29,32H2,1-13H3/t33-,34+,38?,39+,42?/m1/s1. The van der Waals surface area contributed by atoms with Gasteiger partial charge in [-0.2, -0.15) is 0 Å². The summed E-state index contributed by atoms with van der Waals surface area (Å²) < 4.78 is 49.0. The third-order valence-electron chi connectivity index (χ3n) is 10.8. The summed E-state index contributed by atoms with van der Waals surface area (Å²) in [6, 6.07) is 13.1. The van der Waals surface area contributed by atoms with Crippen LogP contribution in [-0.4, -0.2) is 92.2 Å². The lowest BCUT2D eigenvalue weighted by molar-refractivity contribution is -0.152. The molecule has 1 saturated heterocycles. The second-order valence-corrected chi connectivity index (χ2v) is 29.1. The number of hydrogen-bond donors (Lipinski definition) is 0. The molecular formula is C46H71N3O10Si2. The second kappa shape index (κ2) is 23.5. The first-order valence-electron chi connectivity index (χ1n) is 21.3. The summed E-state index contributed by atoms with van der Waals surface area (Å²) in [6.07, 6.45) is 7.18. The van der Waals surface area contributed by atoms with E-state index in [-0.39, 0.29) is 41.8 Å². The van der Waals surface area contributed by atoms with Gasteiger partial charge in [0.2, 0.25) is 0 Å². The van der Waals surface area contributed by atoms with Gasteiger partial charge in [-0.25, -0.2) is 9.59 Å².